The van der Waals surface area contributed by atoms with E-state index < -0.39 is 11.0 Å². The maximum absolute atomic E-state index is 12.7. The predicted octanol–water partition coefficient (Wildman–Crippen LogP) is 2.07. The van der Waals surface area contributed by atoms with Gasteiger partial charge in [0.15, 0.2) is 0 Å². The first-order valence-electron chi connectivity index (χ1n) is 7.04. The van der Waals surface area contributed by atoms with E-state index in [0.29, 0.717) is 13.0 Å². The van der Waals surface area contributed by atoms with E-state index in [1.165, 1.54) is 4.90 Å². The summed E-state index contributed by atoms with van der Waals surface area (Å²) in [6.45, 7) is 8.31. The monoisotopic (exact) mass is 254 g/mol. The second-order valence-electron chi connectivity index (χ2n) is 5.33. The topological polar surface area (TPSA) is 63.4 Å². The molecular weight excluding hydrogens is 228 g/mol. The summed E-state index contributed by atoms with van der Waals surface area (Å²) in [5.74, 6) is -0.0514. The van der Waals surface area contributed by atoms with Crippen LogP contribution >= 0.6 is 0 Å². The molecule has 18 heavy (non-hydrogen) atoms. The van der Waals surface area contributed by atoms with Gasteiger partial charge in [-0.1, -0.05) is 27.7 Å². The van der Waals surface area contributed by atoms with Gasteiger partial charge in [-0.15, -0.1) is 0 Å². The smallest absolute Gasteiger partial charge is 0.236 e. The van der Waals surface area contributed by atoms with Crippen molar-refractivity contribution < 1.29 is 9.59 Å². The summed E-state index contributed by atoms with van der Waals surface area (Å²) < 4.78 is 0. The van der Waals surface area contributed by atoms with E-state index in [-0.39, 0.29) is 11.8 Å². The van der Waals surface area contributed by atoms with Gasteiger partial charge in [-0.2, -0.15) is 0 Å². The number of nitrogens with two attached hydrogens (primary N) is 1. The Morgan fingerprint density at radius 1 is 1.17 bits per heavy atom. The average molecular weight is 254 g/mol. The zero-order valence-electron chi connectivity index (χ0n) is 12.1. The van der Waals surface area contributed by atoms with Gasteiger partial charge >= 0.3 is 0 Å². The van der Waals surface area contributed by atoms with Gasteiger partial charge in [0.1, 0.15) is 0 Å². The molecule has 104 valence electrons. The van der Waals surface area contributed by atoms with Crippen molar-refractivity contribution in [3.63, 3.8) is 0 Å². The molecule has 2 amide bonds. The molecule has 1 saturated heterocycles. The van der Waals surface area contributed by atoms with Gasteiger partial charge in [-0.25, -0.2) is 0 Å². The van der Waals surface area contributed by atoms with Crippen molar-refractivity contribution in [3.8, 4) is 0 Å². The van der Waals surface area contributed by atoms with Crippen LogP contribution < -0.4 is 5.73 Å². The highest BCUT2D eigenvalue weighted by atomic mass is 16.2. The molecule has 4 heteroatoms. The largest absolute Gasteiger partial charge is 0.328 e. The number of nitrogens with zero attached hydrogens (tertiary/aromatic N) is 1. The standard InChI is InChI=1S/C14H26N2O2/c1-5-13(6-2)9-11(17)16(12(13)18)14(7-3,8-4)10-15/h5-10,15H2,1-4H3. The van der Waals surface area contributed by atoms with Gasteiger partial charge in [0.2, 0.25) is 11.8 Å². The van der Waals surface area contributed by atoms with Crippen molar-refractivity contribution in [1.82, 2.24) is 4.90 Å². The molecule has 1 heterocycles. The predicted molar refractivity (Wildman–Crippen MR) is 71.9 cm³/mol. The fourth-order valence-electron chi connectivity index (χ4n) is 3.02. The molecule has 1 aliphatic heterocycles. The van der Waals surface area contributed by atoms with Crippen LogP contribution in [-0.2, 0) is 9.59 Å². The van der Waals surface area contributed by atoms with Crippen molar-refractivity contribution in [1.29, 1.82) is 0 Å². The number of likely N-dealkylation sites (tertiary alicyclic amines) is 1. The second kappa shape index (κ2) is 5.39. The highest BCUT2D eigenvalue weighted by Crippen LogP contribution is 2.43. The van der Waals surface area contributed by atoms with Crippen molar-refractivity contribution >= 4 is 11.8 Å². The Kier molecular flexibility index (Phi) is 4.54. The minimum Gasteiger partial charge on any atom is -0.328 e. The Bertz CT molecular complexity index is 322. The third-order valence-electron chi connectivity index (χ3n) is 4.92. The number of hydrogen-bond acceptors (Lipinski definition) is 3. The first-order valence-corrected chi connectivity index (χ1v) is 7.04. The molecule has 4 nitrogen and oxygen atoms in total. The first kappa shape index (κ1) is 15.2. The Morgan fingerprint density at radius 3 is 1.94 bits per heavy atom. The van der Waals surface area contributed by atoms with Gasteiger partial charge in [0.25, 0.3) is 0 Å². The fourth-order valence-corrected chi connectivity index (χ4v) is 3.02. The lowest BCUT2D eigenvalue weighted by molar-refractivity contribution is -0.149. The lowest BCUT2D eigenvalue weighted by atomic mass is 9.80. The lowest BCUT2D eigenvalue weighted by Crippen LogP contribution is -2.56. The van der Waals surface area contributed by atoms with Crippen LogP contribution in [0.5, 0.6) is 0 Å². The van der Waals surface area contributed by atoms with Gasteiger partial charge in [-0.3, -0.25) is 14.5 Å². The maximum Gasteiger partial charge on any atom is 0.236 e. The van der Waals surface area contributed by atoms with Gasteiger partial charge < -0.3 is 5.73 Å². The third kappa shape index (κ3) is 1.96. The summed E-state index contributed by atoms with van der Waals surface area (Å²) in [6, 6.07) is 0. The number of hydrogen-bond donors (Lipinski definition) is 1. The van der Waals surface area contributed by atoms with Crippen molar-refractivity contribution in [3.05, 3.63) is 0 Å². The zero-order chi connectivity index (χ0) is 14.0. The summed E-state index contributed by atoms with van der Waals surface area (Å²) in [6.07, 6.45) is 3.24. The van der Waals surface area contributed by atoms with E-state index in [2.05, 4.69) is 0 Å². The summed E-state index contributed by atoms with van der Waals surface area (Å²) in [4.78, 5) is 26.4. The molecule has 0 aromatic heterocycles. The summed E-state index contributed by atoms with van der Waals surface area (Å²) in [5, 5.41) is 0. The molecular formula is C14H26N2O2. The molecule has 0 aromatic carbocycles. The minimum absolute atomic E-state index is 0.00773. The quantitative estimate of drug-likeness (QED) is 0.738. The van der Waals surface area contributed by atoms with E-state index >= 15 is 0 Å². The molecule has 0 unspecified atom stereocenters. The van der Waals surface area contributed by atoms with E-state index in [0.717, 1.165) is 25.7 Å². The molecule has 1 fully saturated rings. The first-order chi connectivity index (χ1) is 8.46. The third-order valence-corrected chi connectivity index (χ3v) is 4.92. The van der Waals surface area contributed by atoms with Crippen LogP contribution in [-0.4, -0.2) is 28.8 Å². The zero-order valence-corrected chi connectivity index (χ0v) is 12.1. The number of amides is 2. The average Bonchev–Trinajstić information content (AvgIpc) is 2.66. The molecule has 0 spiro atoms. The van der Waals surface area contributed by atoms with Crippen LogP contribution in [0.1, 0.15) is 59.8 Å². The molecule has 0 radical (unpaired) electrons. The Labute approximate surface area is 110 Å². The van der Waals surface area contributed by atoms with Crippen molar-refractivity contribution in [2.24, 2.45) is 11.1 Å². The maximum atomic E-state index is 12.7. The summed E-state index contributed by atoms with van der Waals surface area (Å²) in [5.41, 5.74) is 4.89. The number of imide groups is 1. The second-order valence-corrected chi connectivity index (χ2v) is 5.33. The van der Waals surface area contributed by atoms with E-state index in [1.54, 1.807) is 0 Å². The number of carbonyl (C=O) groups excluding carboxylic acids is 2. The molecule has 1 aliphatic rings. The molecule has 1 rings (SSSR count). The molecule has 0 aliphatic carbocycles. The van der Waals surface area contributed by atoms with Crippen molar-refractivity contribution in [2.75, 3.05) is 6.54 Å². The fraction of sp³-hybridized carbons (Fsp3) is 0.857. The van der Waals surface area contributed by atoms with E-state index in [9.17, 15) is 9.59 Å². The van der Waals surface area contributed by atoms with Gasteiger partial charge in [0.05, 0.1) is 11.0 Å². The molecule has 0 atom stereocenters. The van der Waals surface area contributed by atoms with E-state index in [4.69, 9.17) is 5.73 Å². The van der Waals surface area contributed by atoms with Crippen molar-refractivity contribution in [2.45, 2.75) is 65.3 Å². The van der Waals surface area contributed by atoms with E-state index in [1.807, 2.05) is 27.7 Å². The minimum atomic E-state index is -0.486. The van der Waals surface area contributed by atoms with Crippen LogP contribution in [0.4, 0.5) is 0 Å². The highest BCUT2D eigenvalue weighted by molar-refractivity contribution is 6.06. The Hall–Kier alpha value is -0.900. The van der Waals surface area contributed by atoms with Crippen LogP contribution in [0.15, 0.2) is 0 Å². The SMILES string of the molecule is CCC1(CC)CC(=O)N(C(CC)(CC)CN)C1=O. The normalized spacial score (nSPS) is 19.7. The van der Waals surface area contributed by atoms with Crippen LogP contribution in [0, 0.1) is 5.41 Å². The highest BCUT2D eigenvalue weighted by Gasteiger charge is 2.54. The lowest BCUT2D eigenvalue weighted by Gasteiger charge is -2.39. The van der Waals surface area contributed by atoms with Crippen LogP contribution in [0.25, 0.3) is 0 Å². The van der Waals surface area contributed by atoms with Gasteiger partial charge in [0, 0.05) is 13.0 Å². The molecule has 0 saturated carbocycles. The number of rotatable bonds is 6. The van der Waals surface area contributed by atoms with Crippen LogP contribution in [0.3, 0.4) is 0 Å². The summed E-state index contributed by atoms with van der Waals surface area (Å²) >= 11 is 0. The molecule has 2 N–H and O–H groups in total. The number of carbonyl (C=O) groups is 2. The summed E-state index contributed by atoms with van der Waals surface area (Å²) in [7, 11) is 0. The molecule has 0 bridgehead atoms. The Morgan fingerprint density at radius 2 is 1.67 bits per heavy atom. The molecule has 0 aromatic rings. The Balaban J connectivity index is 3.18. The van der Waals surface area contributed by atoms with Gasteiger partial charge in [-0.05, 0) is 25.7 Å². The van der Waals surface area contributed by atoms with Crippen LogP contribution in [0.2, 0.25) is 0 Å².